The van der Waals surface area contributed by atoms with Crippen molar-refractivity contribution >= 4 is 15.7 Å². The number of rotatable bonds is 8. The van der Waals surface area contributed by atoms with Crippen LogP contribution in [-0.2, 0) is 21.2 Å². The van der Waals surface area contributed by atoms with E-state index in [0.717, 1.165) is 76.8 Å². The Morgan fingerprint density at radius 1 is 1.14 bits per heavy atom. The predicted molar refractivity (Wildman–Crippen MR) is 144 cm³/mol. The fourth-order valence-electron chi connectivity index (χ4n) is 6.90. The first-order chi connectivity index (χ1) is 17.8. The average Bonchev–Trinajstić information content (AvgIpc) is 3.59. The summed E-state index contributed by atoms with van der Waals surface area (Å²) in [6, 6.07) is 7.14. The fraction of sp³-hybridized carbons (Fsp3) is 0.741. The molecule has 9 nitrogen and oxygen atoms in total. The largest absolute Gasteiger partial charge is 0.352 e. The first-order valence-corrected chi connectivity index (χ1v) is 15.7. The molecule has 5 rings (SSSR count). The molecule has 4 fully saturated rings. The molecule has 10 heteroatoms. The number of hydrogen-bond acceptors (Lipinski definition) is 8. The number of hydrogen-bond donors (Lipinski definition) is 3. The number of sulfone groups is 1. The zero-order chi connectivity index (χ0) is 26.0. The van der Waals surface area contributed by atoms with Crippen molar-refractivity contribution in [2.75, 3.05) is 46.3 Å². The van der Waals surface area contributed by atoms with E-state index in [-0.39, 0.29) is 17.5 Å². The minimum Gasteiger partial charge on any atom is -0.352 e. The summed E-state index contributed by atoms with van der Waals surface area (Å²) in [5, 5.41) is 8.57. The number of carbonyl (C=O) groups excluding carboxylic acids is 1. The van der Waals surface area contributed by atoms with Crippen molar-refractivity contribution in [2.45, 2.75) is 80.9 Å². The van der Waals surface area contributed by atoms with Crippen LogP contribution in [0.4, 0.5) is 0 Å². The van der Waals surface area contributed by atoms with Crippen LogP contribution in [0.3, 0.4) is 0 Å². The third-order valence-corrected chi connectivity index (χ3v) is 11.2. The highest BCUT2D eigenvalue weighted by molar-refractivity contribution is 7.92. The van der Waals surface area contributed by atoms with Crippen LogP contribution >= 0.6 is 0 Å². The molecule has 0 bridgehead atoms. The Bertz CT molecular complexity index is 1040. The zero-order valence-corrected chi connectivity index (χ0v) is 23.2. The average molecular weight is 533 g/mol. The van der Waals surface area contributed by atoms with Crippen LogP contribution in [0.25, 0.3) is 0 Å². The topological polar surface area (TPSA) is 97.0 Å². The molecule has 37 heavy (non-hydrogen) atoms. The number of piperidine rings is 2. The molecule has 3 N–H and O–H groups in total. The van der Waals surface area contributed by atoms with Crippen LogP contribution in [0.5, 0.6) is 0 Å². The van der Waals surface area contributed by atoms with E-state index in [4.69, 9.17) is 0 Å². The maximum Gasteiger partial charge on any atom is 0.227 e. The molecule has 0 aliphatic carbocycles. The maximum atomic E-state index is 13.4. The number of hydrazine groups is 1. The summed E-state index contributed by atoms with van der Waals surface area (Å²) in [6.45, 7) is 7.93. The molecular weight excluding hydrogens is 488 g/mol. The van der Waals surface area contributed by atoms with E-state index < -0.39 is 15.1 Å². The SMILES string of the molecule is CCCC1(C(=O)NCc2ccc(S(=O)(=O)C3CCC(N4CCCN4)N(C)C3)cc2)CCC2NCCN2C1. The maximum absolute atomic E-state index is 13.4. The van der Waals surface area contributed by atoms with E-state index in [0.29, 0.717) is 30.6 Å². The Kier molecular flexibility index (Phi) is 8.24. The summed E-state index contributed by atoms with van der Waals surface area (Å²) < 4.78 is 26.8. The van der Waals surface area contributed by atoms with E-state index in [1.54, 1.807) is 12.1 Å². The van der Waals surface area contributed by atoms with Crippen molar-refractivity contribution < 1.29 is 13.2 Å². The van der Waals surface area contributed by atoms with Gasteiger partial charge < -0.3 is 10.6 Å². The van der Waals surface area contributed by atoms with Gasteiger partial charge >= 0.3 is 0 Å². The molecule has 1 aromatic rings. The molecule has 1 amide bonds. The number of nitrogens with zero attached hydrogens (tertiary/aromatic N) is 3. The van der Waals surface area contributed by atoms with Crippen LogP contribution < -0.4 is 16.1 Å². The van der Waals surface area contributed by atoms with Gasteiger partial charge in [-0.3, -0.25) is 20.0 Å². The standard InChI is InChI=1S/C27H44N6O3S/c1-3-12-27(13-11-24-28-15-17-32(24)20-27)26(34)29-18-21-5-7-22(8-6-21)37(35,36)23-9-10-25(31(2)19-23)33-16-4-14-30-33/h5-8,23-25,28,30H,3-4,9-20H2,1-2H3,(H,29,34). The molecule has 4 heterocycles. The van der Waals surface area contributed by atoms with Crippen molar-refractivity contribution in [2.24, 2.45) is 5.41 Å². The van der Waals surface area contributed by atoms with Crippen LogP contribution in [-0.4, -0.2) is 93.0 Å². The summed E-state index contributed by atoms with van der Waals surface area (Å²) in [5.74, 6) is 0.128. The highest BCUT2D eigenvalue weighted by Gasteiger charge is 2.45. The van der Waals surface area contributed by atoms with Crippen molar-refractivity contribution in [3.05, 3.63) is 29.8 Å². The molecule has 0 saturated carbocycles. The Morgan fingerprint density at radius 3 is 2.65 bits per heavy atom. The van der Waals surface area contributed by atoms with Gasteiger partial charge in [0.1, 0.15) is 0 Å². The highest BCUT2D eigenvalue weighted by Crippen LogP contribution is 2.38. The molecule has 206 valence electrons. The second kappa shape index (κ2) is 11.3. The third-order valence-electron chi connectivity index (χ3n) is 8.97. The first kappa shape index (κ1) is 27.0. The fourth-order valence-corrected chi connectivity index (χ4v) is 8.68. The first-order valence-electron chi connectivity index (χ1n) is 14.1. The summed E-state index contributed by atoms with van der Waals surface area (Å²) in [6.07, 6.45) is 7.10. The lowest BCUT2D eigenvalue weighted by molar-refractivity contribution is -0.136. The van der Waals surface area contributed by atoms with Gasteiger partial charge in [0.15, 0.2) is 9.84 Å². The number of nitrogens with one attached hydrogen (secondary N) is 3. The van der Waals surface area contributed by atoms with E-state index in [1.807, 2.05) is 19.2 Å². The second-order valence-corrected chi connectivity index (χ2v) is 13.7. The smallest absolute Gasteiger partial charge is 0.227 e. The van der Waals surface area contributed by atoms with Crippen LogP contribution in [0.1, 0.15) is 57.4 Å². The van der Waals surface area contributed by atoms with Crippen LogP contribution in [0.2, 0.25) is 0 Å². The molecule has 0 spiro atoms. The van der Waals surface area contributed by atoms with Gasteiger partial charge in [0.2, 0.25) is 5.91 Å². The van der Waals surface area contributed by atoms with Crippen LogP contribution in [0.15, 0.2) is 29.2 Å². The van der Waals surface area contributed by atoms with E-state index >= 15 is 0 Å². The Labute approximate surface area is 222 Å². The Morgan fingerprint density at radius 2 is 1.95 bits per heavy atom. The molecule has 4 aliphatic heterocycles. The lowest BCUT2D eigenvalue weighted by Crippen LogP contribution is -2.55. The molecular formula is C27H44N6O3S. The molecule has 0 aromatic heterocycles. The summed E-state index contributed by atoms with van der Waals surface area (Å²) in [5.41, 5.74) is 4.01. The number of benzene rings is 1. The third kappa shape index (κ3) is 5.60. The lowest BCUT2D eigenvalue weighted by atomic mass is 9.75. The van der Waals surface area contributed by atoms with E-state index in [2.05, 4.69) is 37.8 Å². The highest BCUT2D eigenvalue weighted by atomic mass is 32.2. The van der Waals surface area contributed by atoms with Gasteiger partial charge in [-0.25, -0.2) is 13.4 Å². The van der Waals surface area contributed by atoms with Gasteiger partial charge in [0, 0.05) is 45.8 Å². The number of carbonyl (C=O) groups is 1. The normalized spacial score (nSPS) is 31.9. The lowest BCUT2D eigenvalue weighted by Gasteiger charge is -2.43. The molecule has 4 aliphatic rings. The summed E-state index contributed by atoms with van der Waals surface area (Å²) >= 11 is 0. The zero-order valence-electron chi connectivity index (χ0n) is 22.4. The van der Waals surface area contributed by atoms with Gasteiger partial charge in [0.05, 0.1) is 27.9 Å². The van der Waals surface area contributed by atoms with E-state index in [9.17, 15) is 13.2 Å². The number of amides is 1. The minimum atomic E-state index is -3.41. The van der Waals surface area contributed by atoms with Gasteiger partial charge in [0.25, 0.3) is 0 Å². The van der Waals surface area contributed by atoms with Crippen LogP contribution in [0, 0.1) is 5.41 Å². The molecule has 4 saturated heterocycles. The van der Waals surface area contributed by atoms with Gasteiger partial charge in [-0.2, -0.15) is 0 Å². The summed E-state index contributed by atoms with van der Waals surface area (Å²) in [4.78, 5) is 18.4. The molecule has 4 unspecified atom stereocenters. The quantitative estimate of drug-likeness (QED) is 0.464. The van der Waals surface area contributed by atoms with E-state index in [1.165, 1.54) is 0 Å². The minimum absolute atomic E-state index is 0.128. The number of fused-ring (bicyclic) bond motifs is 1. The van der Waals surface area contributed by atoms with Crippen molar-refractivity contribution in [1.29, 1.82) is 0 Å². The Hall–Kier alpha value is -1.56. The van der Waals surface area contributed by atoms with Gasteiger partial charge in [-0.15, -0.1) is 0 Å². The number of likely N-dealkylation sites (tertiary alicyclic amines) is 1. The van der Waals surface area contributed by atoms with Crippen molar-refractivity contribution in [3.8, 4) is 0 Å². The summed E-state index contributed by atoms with van der Waals surface area (Å²) in [7, 11) is -1.39. The Balaban J connectivity index is 1.18. The molecule has 4 atom stereocenters. The van der Waals surface area contributed by atoms with Crippen molar-refractivity contribution in [3.63, 3.8) is 0 Å². The molecule has 0 radical (unpaired) electrons. The predicted octanol–water partition coefficient (Wildman–Crippen LogP) is 1.52. The van der Waals surface area contributed by atoms with Crippen molar-refractivity contribution in [1.82, 2.24) is 30.9 Å². The second-order valence-electron chi connectivity index (χ2n) is 11.5. The van der Waals surface area contributed by atoms with Gasteiger partial charge in [-0.1, -0.05) is 25.5 Å². The monoisotopic (exact) mass is 532 g/mol. The molecule has 1 aromatic carbocycles. The van der Waals surface area contributed by atoms with Gasteiger partial charge in [-0.05, 0) is 63.3 Å².